The van der Waals surface area contributed by atoms with Crippen LogP contribution in [0.5, 0.6) is 0 Å². The molecule has 0 unspecified atom stereocenters. The Balaban J connectivity index is 2.03. The molecule has 0 aliphatic carbocycles. The smallest absolute Gasteiger partial charge is 0.257 e. The van der Waals surface area contributed by atoms with Gasteiger partial charge < -0.3 is 5.32 Å². The minimum absolute atomic E-state index is 0.178. The van der Waals surface area contributed by atoms with Crippen molar-refractivity contribution in [2.24, 2.45) is 0 Å². The number of rotatable bonds is 2. The first-order chi connectivity index (χ1) is 10.5. The summed E-state index contributed by atoms with van der Waals surface area (Å²) in [6.45, 7) is 1.94. The number of anilines is 1. The lowest BCUT2D eigenvalue weighted by Crippen LogP contribution is -2.34. The van der Waals surface area contributed by atoms with Gasteiger partial charge in [0.2, 0.25) is 0 Å². The van der Waals surface area contributed by atoms with Gasteiger partial charge in [0.15, 0.2) is 5.11 Å². The molecular weight excluding hydrogens is 362 g/mol. The van der Waals surface area contributed by atoms with Gasteiger partial charge in [0.1, 0.15) is 0 Å². The van der Waals surface area contributed by atoms with Crippen LogP contribution in [0.2, 0.25) is 0 Å². The Morgan fingerprint density at radius 2 is 2.05 bits per heavy atom. The molecule has 2 aromatic rings. The van der Waals surface area contributed by atoms with Crippen LogP contribution < -0.4 is 10.6 Å². The minimum Gasteiger partial charge on any atom is -0.332 e. The van der Waals surface area contributed by atoms with Crippen LogP contribution in [0.25, 0.3) is 0 Å². The van der Waals surface area contributed by atoms with Gasteiger partial charge in [-0.25, -0.2) is 0 Å². The second-order valence-corrected chi connectivity index (χ2v) is 5.83. The van der Waals surface area contributed by atoms with E-state index in [1.165, 1.54) is 0 Å². The summed E-state index contributed by atoms with van der Waals surface area (Å²) in [4.78, 5) is 12.1. The lowest BCUT2D eigenvalue weighted by Gasteiger charge is -2.10. The van der Waals surface area contributed by atoms with Crippen LogP contribution in [-0.4, -0.2) is 11.0 Å². The van der Waals surface area contributed by atoms with Gasteiger partial charge >= 0.3 is 0 Å². The highest BCUT2D eigenvalue weighted by atomic mass is 79.9. The third kappa shape index (κ3) is 4.13. The summed E-state index contributed by atoms with van der Waals surface area (Å²) in [5, 5.41) is 14.5. The molecule has 0 fully saturated rings. The molecule has 22 heavy (non-hydrogen) atoms. The molecule has 0 bridgehead atoms. The maximum atomic E-state index is 12.1. The van der Waals surface area contributed by atoms with Crippen LogP contribution in [-0.2, 0) is 0 Å². The quantitative estimate of drug-likeness (QED) is 0.786. The fraction of sp³-hybridized carbons (Fsp3) is 0.0625. The number of benzene rings is 2. The van der Waals surface area contributed by atoms with Crippen molar-refractivity contribution in [1.29, 1.82) is 5.26 Å². The largest absolute Gasteiger partial charge is 0.332 e. The molecule has 0 spiro atoms. The Labute approximate surface area is 142 Å². The topological polar surface area (TPSA) is 64.9 Å². The van der Waals surface area contributed by atoms with Crippen LogP contribution in [0.3, 0.4) is 0 Å². The van der Waals surface area contributed by atoms with E-state index in [2.05, 4.69) is 26.6 Å². The molecule has 0 aliphatic heterocycles. The van der Waals surface area contributed by atoms with Crippen LogP contribution >= 0.6 is 28.1 Å². The lowest BCUT2D eigenvalue weighted by molar-refractivity contribution is 0.0977. The monoisotopic (exact) mass is 373 g/mol. The van der Waals surface area contributed by atoms with Gasteiger partial charge in [0.05, 0.1) is 11.6 Å². The SMILES string of the molecule is Cc1ccc(C(=O)NC(=S)Nc2cccc(C#N)c2)cc1Br. The van der Waals surface area contributed by atoms with Crippen LogP contribution in [0, 0.1) is 18.3 Å². The lowest BCUT2D eigenvalue weighted by atomic mass is 10.1. The van der Waals surface area contributed by atoms with Crippen molar-refractivity contribution < 1.29 is 4.79 Å². The number of carbonyl (C=O) groups is 1. The van der Waals surface area contributed by atoms with E-state index < -0.39 is 0 Å². The van der Waals surface area contributed by atoms with Gasteiger partial charge in [-0.2, -0.15) is 5.26 Å². The molecule has 0 radical (unpaired) electrons. The van der Waals surface area contributed by atoms with Crippen LogP contribution in [0.15, 0.2) is 46.9 Å². The fourth-order valence-electron chi connectivity index (χ4n) is 1.74. The summed E-state index contributed by atoms with van der Waals surface area (Å²) in [7, 11) is 0. The Bertz CT molecular complexity index is 783. The van der Waals surface area contributed by atoms with Crippen molar-refractivity contribution in [2.75, 3.05) is 5.32 Å². The number of thiocarbonyl (C=S) groups is 1. The Morgan fingerprint density at radius 1 is 1.27 bits per heavy atom. The van der Waals surface area contributed by atoms with Crippen LogP contribution in [0.1, 0.15) is 21.5 Å². The first-order valence-electron chi connectivity index (χ1n) is 6.38. The predicted molar refractivity (Wildman–Crippen MR) is 93.7 cm³/mol. The van der Waals surface area contributed by atoms with Gasteiger partial charge in [-0.1, -0.05) is 28.1 Å². The zero-order valence-corrected chi connectivity index (χ0v) is 14.1. The standard InChI is InChI=1S/C16H12BrN3OS/c1-10-5-6-12(8-14(10)17)15(21)20-16(22)19-13-4-2-3-11(7-13)9-18/h2-8H,1H3,(H2,19,20,21,22). The molecule has 0 aromatic heterocycles. The molecule has 0 atom stereocenters. The fourth-order valence-corrected chi connectivity index (χ4v) is 2.33. The molecule has 2 N–H and O–H groups in total. The number of hydrogen-bond donors (Lipinski definition) is 2. The molecule has 2 rings (SSSR count). The van der Waals surface area contributed by atoms with Gasteiger partial charge in [-0.3, -0.25) is 10.1 Å². The van der Waals surface area contributed by atoms with Crippen molar-refractivity contribution in [1.82, 2.24) is 5.32 Å². The molecule has 0 aliphatic rings. The van der Waals surface area contributed by atoms with E-state index in [9.17, 15) is 4.79 Å². The van der Waals surface area contributed by atoms with Crippen molar-refractivity contribution in [3.63, 3.8) is 0 Å². The first kappa shape index (κ1) is 16.1. The number of halogens is 1. The summed E-state index contributed by atoms with van der Waals surface area (Å²) in [5.74, 6) is -0.297. The van der Waals surface area contributed by atoms with Crippen molar-refractivity contribution in [3.8, 4) is 6.07 Å². The van der Waals surface area contributed by atoms with Crippen LogP contribution in [0.4, 0.5) is 5.69 Å². The zero-order valence-electron chi connectivity index (χ0n) is 11.7. The maximum absolute atomic E-state index is 12.1. The van der Waals surface area contributed by atoms with E-state index in [0.717, 1.165) is 10.0 Å². The second-order valence-electron chi connectivity index (χ2n) is 4.56. The Kier molecular flexibility index (Phi) is 5.26. The zero-order chi connectivity index (χ0) is 16.1. The highest BCUT2D eigenvalue weighted by molar-refractivity contribution is 9.10. The van der Waals surface area contributed by atoms with E-state index in [0.29, 0.717) is 16.8 Å². The van der Waals surface area contributed by atoms with E-state index in [1.807, 2.05) is 19.1 Å². The summed E-state index contributed by atoms with van der Waals surface area (Å²) >= 11 is 8.50. The molecule has 0 saturated heterocycles. The van der Waals surface area contributed by atoms with E-state index >= 15 is 0 Å². The number of nitriles is 1. The number of nitrogens with zero attached hydrogens (tertiary/aromatic N) is 1. The molecular formula is C16H12BrN3OS. The van der Waals surface area contributed by atoms with Gasteiger partial charge in [0, 0.05) is 15.7 Å². The van der Waals surface area contributed by atoms with Gasteiger partial charge in [-0.05, 0) is 55.0 Å². The first-order valence-corrected chi connectivity index (χ1v) is 7.58. The van der Waals surface area contributed by atoms with Crippen molar-refractivity contribution >= 4 is 44.9 Å². The maximum Gasteiger partial charge on any atom is 0.257 e. The van der Waals surface area contributed by atoms with Gasteiger partial charge in [0.25, 0.3) is 5.91 Å². The summed E-state index contributed by atoms with van der Waals surface area (Å²) in [6.07, 6.45) is 0. The highest BCUT2D eigenvalue weighted by Gasteiger charge is 2.09. The van der Waals surface area contributed by atoms with E-state index in [-0.39, 0.29) is 11.0 Å². The number of aryl methyl sites for hydroxylation is 1. The normalized spacial score (nSPS) is 9.68. The minimum atomic E-state index is -0.297. The third-order valence-electron chi connectivity index (χ3n) is 2.91. The number of carbonyl (C=O) groups excluding carboxylic acids is 1. The Hall–Kier alpha value is -2.23. The average Bonchev–Trinajstić information content (AvgIpc) is 2.50. The number of nitrogens with one attached hydrogen (secondary N) is 2. The molecule has 4 nitrogen and oxygen atoms in total. The Morgan fingerprint density at radius 3 is 2.73 bits per heavy atom. The van der Waals surface area contributed by atoms with Crippen molar-refractivity contribution in [2.45, 2.75) is 6.92 Å². The van der Waals surface area contributed by atoms with Crippen molar-refractivity contribution in [3.05, 3.63) is 63.6 Å². The molecule has 6 heteroatoms. The molecule has 0 saturated carbocycles. The number of amides is 1. The predicted octanol–water partition coefficient (Wildman–Crippen LogP) is 3.76. The average molecular weight is 374 g/mol. The summed E-state index contributed by atoms with van der Waals surface area (Å²) < 4.78 is 0.862. The molecule has 0 heterocycles. The summed E-state index contributed by atoms with van der Waals surface area (Å²) in [6, 6.07) is 14.2. The van der Waals surface area contributed by atoms with E-state index in [1.54, 1.807) is 36.4 Å². The molecule has 1 amide bonds. The highest BCUT2D eigenvalue weighted by Crippen LogP contribution is 2.17. The molecule has 2 aromatic carbocycles. The third-order valence-corrected chi connectivity index (χ3v) is 3.97. The number of hydrogen-bond acceptors (Lipinski definition) is 3. The van der Waals surface area contributed by atoms with E-state index in [4.69, 9.17) is 17.5 Å². The summed E-state index contributed by atoms with van der Waals surface area (Å²) in [5.41, 5.74) is 2.72. The van der Waals surface area contributed by atoms with Gasteiger partial charge in [-0.15, -0.1) is 0 Å². The molecule has 110 valence electrons. The second kappa shape index (κ2) is 7.16.